The predicted octanol–water partition coefficient (Wildman–Crippen LogP) is 6.11. The Morgan fingerprint density at radius 2 is 1.53 bits per heavy atom. The van der Waals surface area contributed by atoms with Crippen molar-refractivity contribution < 1.29 is 0 Å². The molecular formula is C24H17BrN6S. The van der Waals surface area contributed by atoms with E-state index in [4.69, 9.17) is 17.3 Å². The SMILES string of the molecule is S=c1[nH]nc(-n2nc(-c3ccccc3)cc2-c2ccccc2)n1/N=C\c1ccc(Br)cc1. The highest BCUT2D eigenvalue weighted by Crippen LogP contribution is 2.28. The Kier molecular flexibility index (Phi) is 5.62. The minimum absolute atomic E-state index is 0.379. The molecule has 0 aliphatic rings. The third-order valence-corrected chi connectivity index (χ3v) is 5.66. The summed E-state index contributed by atoms with van der Waals surface area (Å²) >= 11 is 8.90. The fourth-order valence-corrected chi connectivity index (χ4v) is 3.73. The first-order chi connectivity index (χ1) is 15.7. The smallest absolute Gasteiger partial charge is 0.248 e. The number of H-pyrrole nitrogens is 1. The Bertz CT molecular complexity index is 1430. The number of hydrogen-bond donors (Lipinski definition) is 1. The van der Waals surface area contributed by atoms with Crippen molar-refractivity contribution in [2.24, 2.45) is 5.10 Å². The summed E-state index contributed by atoms with van der Waals surface area (Å²) in [4.78, 5) is 0. The van der Waals surface area contributed by atoms with Gasteiger partial charge in [-0.2, -0.15) is 19.6 Å². The lowest BCUT2D eigenvalue weighted by atomic mass is 10.1. The first kappa shape index (κ1) is 20.3. The fraction of sp³-hybridized carbons (Fsp3) is 0. The molecule has 0 spiro atoms. The van der Waals surface area contributed by atoms with Crippen molar-refractivity contribution >= 4 is 34.4 Å². The average molecular weight is 501 g/mol. The van der Waals surface area contributed by atoms with Gasteiger partial charge in [0.15, 0.2) is 0 Å². The molecule has 0 fully saturated rings. The van der Waals surface area contributed by atoms with Crippen LogP contribution in [0.4, 0.5) is 0 Å². The molecule has 3 aromatic carbocycles. The summed E-state index contributed by atoms with van der Waals surface area (Å²) in [6.07, 6.45) is 1.74. The van der Waals surface area contributed by atoms with E-state index in [-0.39, 0.29) is 0 Å². The second-order valence-electron chi connectivity index (χ2n) is 7.00. The van der Waals surface area contributed by atoms with Crippen LogP contribution in [0.5, 0.6) is 0 Å². The van der Waals surface area contributed by atoms with E-state index in [0.717, 1.165) is 32.6 Å². The second kappa shape index (κ2) is 8.86. The number of aromatic amines is 1. The van der Waals surface area contributed by atoms with Crippen LogP contribution in [-0.2, 0) is 0 Å². The van der Waals surface area contributed by atoms with Gasteiger partial charge in [0.05, 0.1) is 17.6 Å². The molecule has 0 atom stereocenters. The molecule has 0 radical (unpaired) electrons. The van der Waals surface area contributed by atoms with E-state index in [9.17, 15) is 0 Å². The summed E-state index contributed by atoms with van der Waals surface area (Å²) in [5, 5.41) is 16.7. The quantitative estimate of drug-likeness (QED) is 0.234. The number of nitrogens with zero attached hydrogens (tertiary/aromatic N) is 5. The normalized spacial score (nSPS) is 11.3. The molecule has 32 heavy (non-hydrogen) atoms. The van der Waals surface area contributed by atoms with Crippen LogP contribution in [0.1, 0.15) is 5.56 Å². The third-order valence-electron chi connectivity index (χ3n) is 4.86. The monoisotopic (exact) mass is 500 g/mol. The molecular weight excluding hydrogens is 484 g/mol. The maximum atomic E-state index is 5.45. The number of nitrogens with one attached hydrogen (secondary N) is 1. The maximum Gasteiger partial charge on any atom is 0.272 e. The number of hydrogen-bond acceptors (Lipinski definition) is 4. The molecule has 0 amide bonds. The minimum Gasteiger partial charge on any atom is -0.248 e. The lowest BCUT2D eigenvalue weighted by molar-refractivity contribution is 0.741. The summed E-state index contributed by atoms with van der Waals surface area (Å²) in [6, 6.07) is 30.0. The van der Waals surface area contributed by atoms with E-state index >= 15 is 0 Å². The Morgan fingerprint density at radius 1 is 0.875 bits per heavy atom. The average Bonchev–Trinajstić information content (AvgIpc) is 3.43. The van der Waals surface area contributed by atoms with Gasteiger partial charge in [0.1, 0.15) is 0 Å². The predicted molar refractivity (Wildman–Crippen MR) is 133 cm³/mol. The van der Waals surface area contributed by atoms with Gasteiger partial charge in [-0.15, -0.1) is 5.10 Å². The van der Waals surface area contributed by atoms with E-state index in [2.05, 4.69) is 31.2 Å². The second-order valence-corrected chi connectivity index (χ2v) is 8.30. The van der Waals surface area contributed by atoms with Crippen molar-refractivity contribution in [2.45, 2.75) is 0 Å². The van der Waals surface area contributed by atoms with Crippen molar-refractivity contribution in [1.29, 1.82) is 0 Å². The van der Waals surface area contributed by atoms with Crippen LogP contribution in [0.25, 0.3) is 28.5 Å². The molecule has 0 saturated heterocycles. The summed E-state index contributed by atoms with van der Waals surface area (Å²) in [5.41, 5.74) is 4.69. The molecule has 8 heteroatoms. The summed E-state index contributed by atoms with van der Waals surface area (Å²) in [6.45, 7) is 0. The van der Waals surface area contributed by atoms with Gasteiger partial charge in [0.2, 0.25) is 4.77 Å². The van der Waals surface area contributed by atoms with E-state index in [1.165, 1.54) is 0 Å². The standard InChI is InChI=1S/C24H17BrN6S/c25-20-13-11-17(12-14-20)16-26-31-23(27-28-24(31)32)30-22(19-9-5-2-6-10-19)15-21(29-30)18-7-3-1-4-8-18/h1-16H,(H,28,32)/b26-16-. The van der Waals surface area contributed by atoms with Crippen LogP contribution in [-0.4, -0.2) is 30.9 Å². The van der Waals surface area contributed by atoms with Gasteiger partial charge < -0.3 is 0 Å². The zero-order valence-corrected chi connectivity index (χ0v) is 19.2. The summed E-state index contributed by atoms with van der Waals surface area (Å²) in [5.74, 6) is 0.476. The zero-order chi connectivity index (χ0) is 21.9. The van der Waals surface area contributed by atoms with Gasteiger partial charge >= 0.3 is 0 Å². The fourth-order valence-electron chi connectivity index (χ4n) is 3.30. The molecule has 0 aliphatic heterocycles. The molecule has 0 saturated carbocycles. The molecule has 5 rings (SSSR count). The highest BCUT2D eigenvalue weighted by molar-refractivity contribution is 9.10. The topological polar surface area (TPSA) is 63.8 Å². The van der Waals surface area contributed by atoms with E-state index < -0.39 is 0 Å². The van der Waals surface area contributed by atoms with E-state index in [1.54, 1.807) is 15.6 Å². The van der Waals surface area contributed by atoms with Gasteiger partial charge in [-0.05, 0) is 36.0 Å². The molecule has 0 bridgehead atoms. The largest absolute Gasteiger partial charge is 0.272 e. The lowest BCUT2D eigenvalue weighted by Crippen LogP contribution is -2.07. The van der Waals surface area contributed by atoms with Crippen molar-refractivity contribution in [2.75, 3.05) is 0 Å². The van der Waals surface area contributed by atoms with Crippen molar-refractivity contribution in [3.8, 4) is 28.5 Å². The van der Waals surface area contributed by atoms with Crippen LogP contribution in [0, 0.1) is 4.77 Å². The zero-order valence-electron chi connectivity index (χ0n) is 16.8. The van der Waals surface area contributed by atoms with Gasteiger partial charge in [0, 0.05) is 15.6 Å². The first-order valence-corrected chi connectivity index (χ1v) is 11.1. The van der Waals surface area contributed by atoms with Crippen LogP contribution in [0.3, 0.4) is 0 Å². The van der Waals surface area contributed by atoms with Crippen LogP contribution < -0.4 is 0 Å². The van der Waals surface area contributed by atoms with Crippen molar-refractivity contribution in [3.63, 3.8) is 0 Å². The van der Waals surface area contributed by atoms with E-state index in [0.29, 0.717) is 10.7 Å². The van der Waals surface area contributed by atoms with Gasteiger partial charge in [-0.3, -0.25) is 0 Å². The lowest BCUT2D eigenvalue weighted by Gasteiger charge is -2.06. The van der Waals surface area contributed by atoms with Crippen molar-refractivity contribution in [3.05, 3.63) is 106 Å². The van der Waals surface area contributed by atoms with Crippen molar-refractivity contribution in [1.82, 2.24) is 24.7 Å². The number of halogens is 1. The molecule has 1 N–H and O–H groups in total. The highest BCUT2D eigenvalue weighted by atomic mass is 79.9. The number of rotatable bonds is 5. The van der Waals surface area contributed by atoms with Gasteiger partial charge in [-0.1, -0.05) is 88.7 Å². The Morgan fingerprint density at radius 3 is 2.22 bits per heavy atom. The molecule has 0 unspecified atom stereocenters. The van der Waals surface area contributed by atoms with E-state index in [1.807, 2.05) is 91.0 Å². The minimum atomic E-state index is 0.379. The van der Waals surface area contributed by atoms with Gasteiger partial charge in [0.25, 0.3) is 5.95 Å². The van der Waals surface area contributed by atoms with Crippen LogP contribution >= 0.6 is 28.1 Å². The highest BCUT2D eigenvalue weighted by Gasteiger charge is 2.17. The van der Waals surface area contributed by atoms with Crippen LogP contribution in [0.15, 0.2) is 101 Å². The molecule has 0 aliphatic carbocycles. The third kappa shape index (κ3) is 4.10. The molecule has 5 aromatic rings. The van der Waals surface area contributed by atoms with Crippen LogP contribution in [0.2, 0.25) is 0 Å². The Balaban J connectivity index is 1.64. The first-order valence-electron chi connectivity index (χ1n) is 9.88. The van der Waals surface area contributed by atoms with Gasteiger partial charge in [-0.25, -0.2) is 5.10 Å². The molecule has 6 nitrogen and oxygen atoms in total. The Labute approximate surface area is 198 Å². The maximum absolute atomic E-state index is 5.45. The molecule has 2 aromatic heterocycles. The Hall–Kier alpha value is -3.62. The number of benzene rings is 3. The summed E-state index contributed by atoms with van der Waals surface area (Å²) in [7, 11) is 0. The molecule has 2 heterocycles. The number of aromatic nitrogens is 5. The summed E-state index contributed by atoms with van der Waals surface area (Å²) < 4.78 is 4.73. The molecule has 156 valence electrons.